The third-order valence-electron chi connectivity index (χ3n) is 4.19. The first-order valence-electron chi connectivity index (χ1n) is 7.89. The van der Waals surface area contributed by atoms with E-state index >= 15 is 0 Å². The summed E-state index contributed by atoms with van der Waals surface area (Å²) in [6, 6.07) is 16.8. The third kappa shape index (κ3) is 3.19. The number of fused-ring (bicyclic) bond motifs is 1. The molecule has 0 bridgehead atoms. The van der Waals surface area contributed by atoms with Crippen LogP contribution in [0.2, 0.25) is 5.15 Å². The molecule has 0 aliphatic carbocycles. The van der Waals surface area contributed by atoms with Crippen molar-refractivity contribution in [3.05, 3.63) is 64.3 Å². The average molecular weight is 368 g/mol. The largest absolute Gasteiger partial charge is 0.493 e. The highest BCUT2D eigenvalue weighted by Gasteiger charge is 2.13. The lowest BCUT2D eigenvalue weighted by Crippen LogP contribution is -1.98. The van der Waals surface area contributed by atoms with Crippen molar-refractivity contribution in [1.82, 2.24) is 4.37 Å². The third-order valence-corrected chi connectivity index (χ3v) is 5.37. The molecule has 4 nitrogen and oxygen atoms in total. The Morgan fingerprint density at radius 2 is 2.00 bits per heavy atom. The maximum absolute atomic E-state index is 9.10. The zero-order valence-electron chi connectivity index (χ0n) is 13.3. The van der Waals surface area contributed by atoms with Gasteiger partial charge in [-0.2, -0.15) is 9.64 Å². The van der Waals surface area contributed by atoms with Gasteiger partial charge in [-0.1, -0.05) is 41.9 Å². The standard InChI is InChI=1S/C19H14ClN3OS/c20-18-16(10-21)19(25-23-18)22-11-12-1-3-13(4-2-12)14-5-6-17-15(9-14)7-8-24-17/h1-6,9,22H,7-8,11H2. The Bertz CT molecular complexity index is 960. The summed E-state index contributed by atoms with van der Waals surface area (Å²) in [5, 5.41) is 13.3. The van der Waals surface area contributed by atoms with Crippen LogP contribution in [0.5, 0.6) is 5.75 Å². The molecule has 2 aromatic carbocycles. The van der Waals surface area contributed by atoms with Gasteiger partial charge in [-0.25, -0.2) is 0 Å². The van der Waals surface area contributed by atoms with Gasteiger partial charge in [0.15, 0.2) is 5.15 Å². The molecular weight excluding hydrogens is 354 g/mol. The van der Waals surface area contributed by atoms with E-state index in [0.29, 0.717) is 17.1 Å². The number of nitriles is 1. The molecular formula is C19H14ClN3OS. The van der Waals surface area contributed by atoms with Gasteiger partial charge in [0.2, 0.25) is 0 Å². The van der Waals surface area contributed by atoms with Crippen molar-refractivity contribution in [3.63, 3.8) is 0 Å². The molecule has 0 amide bonds. The van der Waals surface area contributed by atoms with E-state index in [1.807, 2.05) is 6.07 Å². The van der Waals surface area contributed by atoms with Crippen LogP contribution >= 0.6 is 23.1 Å². The summed E-state index contributed by atoms with van der Waals surface area (Å²) < 4.78 is 9.55. The molecule has 1 aromatic heterocycles. The fourth-order valence-electron chi connectivity index (χ4n) is 2.85. The van der Waals surface area contributed by atoms with Gasteiger partial charge in [-0.15, -0.1) is 0 Å². The Labute approximate surface area is 154 Å². The van der Waals surface area contributed by atoms with Gasteiger partial charge in [0.1, 0.15) is 22.4 Å². The molecule has 2 heterocycles. The summed E-state index contributed by atoms with van der Waals surface area (Å²) in [6.45, 7) is 1.39. The summed E-state index contributed by atoms with van der Waals surface area (Å²) >= 11 is 7.09. The first-order valence-corrected chi connectivity index (χ1v) is 9.04. The Kier molecular flexibility index (Phi) is 4.31. The Balaban J connectivity index is 1.48. The van der Waals surface area contributed by atoms with Gasteiger partial charge in [0, 0.05) is 13.0 Å². The number of halogens is 1. The lowest BCUT2D eigenvalue weighted by molar-refractivity contribution is 0.357. The fourth-order valence-corrected chi connectivity index (χ4v) is 3.78. The molecule has 0 spiro atoms. The lowest BCUT2D eigenvalue weighted by atomic mass is 10.0. The van der Waals surface area contributed by atoms with Gasteiger partial charge < -0.3 is 10.1 Å². The number of hydrogen-bond donors (Lipinski definition) is 1. The smallest absolute Gasteiger partial charge is 0.162 e. The van der Waals surface area contributed by atoms with Crippen LogP contribution in [-0.2, 0) is 13.0 Å². The van der Waals surface area contributed by atoms with Gasteiger partial charge in [-0.3, -0.25) is 0 Å². The van der Waals surface area contributed by atoms with Crippen molar-refractivity contribution in [1.29, 1.82) is 5.26 Å². The molecule has 0 atom stereocenters. The Hall–Kier alpha value is -2.55. The van der Waals surface area contributed by atoms with Gasteiger partial charge in [-0.05, 0) is 45.9 Å². The van der Waals surface area contributed by atoms with Crippen molar-refractivity contribution in [2.24, 2.45) is 0 Å². The monoisotopic (exact) mass is 367 g/mol. The molecule has 0 saturated carbocycles. The second-order valence-electron chi connectivity index (χ2n) is 5.76. The van der Waals surface area contributed by atoms with Crippen molar-refractivity contribution in [2.75, 3.05) is 11.9 Å². The van der Waals surface area contributed by atoms with Crippen molar-refractivity contribution < 1.29 is 4.74 Å². The SMILES string of the molecule is N#Cc1c(Cl)nsc1NCc1ccc(-c2ccc3c(c2)CCO3)cc1. The molecule has 0 unspecified atom stereocenters. The summed E-state index contributed by atoms with van der Waals surface area (Å²) in [4.78, 5) is 0. The van der Waals surface area contributed by atoms with Crippen LogP contribution in [0, 0.1) is 11.3 Å². The van der Waals surface area contributed by atoms with Crippen LogP contribution in [0.3, 0.4) is 0 Å². The predicted octanol–water partition coefficient (Wildman–Crippen LogP) is 4.88. The minimum Gasteiger partial charge on any atom is -0.493 e. The summed E-state index contributed by atoms with van der Waals surface area (Å²) in [6.07, 6.45) is 0.976. The van der Waals surface area contributed by atoms with Gasteiger partial charge in [0.05, 0.1) is 6.61 Å². The van der Waals surface area contributed by atoms with Crippen molar-refractivity contribution >= 4 is 28.1 Å². The zero-order chi connectivity index (χ0) is 17.2. The zero-order valence-corrected chi connectivity index (χ0v) is 14.8. The van der Waals surface area contributed by atoms with Crippen LogP contribution in [0.15, 0.2) is 42.5 Å². The molecule has 0 fully saturated rings. The minimum atomic E-state index is 0.255. The number of anilines is 1. The van der Waals surface area contributed by atoms with E-state index < -0.39 is 0 Å². The number of aromatic nitrogens is 1. The quantitative estimate of drug-likeness (QED) is 0.713. The Morgan fingerprint density at radius 1 is 1.20 bits per heavy atom. The van der Waals surface area contributed by atoms with Crippen LogP contribution < -0.4 is 10.1 Å². The number of nitrogens with zero attached hydrogens (tertiary/aromatic N) is 2. The average Bonchev–Trinajstić information content (AvgIpc) is 3.25. The maximum Gasteiger partial charge on any atom is 0.162 e. The van der Waals surface area contributed by atoms with E-state index in [1.165, 1.54) is 28.2 Å². The summed E-state index contributed by atoms with van der Waals surface area (Å²) in [7, 11) is 0. The molecule has 1 aliphatic rings. The molecule has 1 aliphatic heterocycles. The molecule has 0 saturated heterocycles. The Morgan fingerprint density at radius 3 is 2.80 bits per heavy atom. The molecule has 0 radical (unpaired) electrons. The molecule has 1 N–H and O–H groups in total. The highest BCUT2D eigenvalue weighted by molar-refractivity contribution is 7.10. The summed E-state index contributed by atoms with van der Waals surface area (Å²) in [5.41, 5.74) is 5.18. The summed E-state index contributed by atoms with van der Waals surface area (Å²) in [5.74, 6) is 1.00. The number of ether oxygens (including phenoxy) is 1. The first-order chi connectivity index (χ1) is 12.2. The van der Waals surface area contributed by atoms with Gasteiger partial charge >= 0.3 is 0 Å². The highest BCUT2D eigenvalue weighted by atomic mass is 35.5. The number of benzene rings is 2. The van der Waals surface area contributed by atoms with E-state index in [-0.39, 0.29) is 5.15 Å². The van der Waals surface area contributed by atoms with E-state index in [1.54, 1.807) is 0 Å². The number of hydrogen-bond acceptors (Lipinski definition) is 5. The normalized spacial score (nSPS) is 12.3. The van der Waals surface area contributed by atoms with Crippen molar-refractivity contribution in [2.45, 2.75) is 13.0 Å². The molecule has 3 aromatic rings. The van der Waals surface area contributed by atoms with E-state index in [0.717, 1.165) is 24.3 Å². The number of rotatable bonds is 4. The van der Waals surface area contributed by atoms with Crippen LogP contribution in [0.25, 0.3) is 11.1 Å². The maximum atomic E-state index is 9.10. The van der Waals surface area contributed by atoms with Gasteiger partial charge in [0.25, 0.3) is 0 Å². The molecule has 124 valence electrons. The first kappa shape index (κ1) is 15.9. The van der Waals surface area contributed by atoms with E-state index in [9.17, 15) is 0 Å². The predicted molar refractivity (Wildman–Crippen MR) is 100 cm³/mol. The fraction of sp³-hybridized carbons (Fsp3) is 0.158. The van der Waals surface area contributed by atoms with Crippen LogP contribution in [0.4, 0.5) is 5.00 Å². The van der Waals surface area contributed by atoms with Crippen molar-refractivity contribution in [3.8, 4) is 22.9 Å². The minimum absolute atomic E-state index is 0.255. The second-order valence-corrected chi connectivity index (χ2v) is 6.89. The van der Waals surface area contributed by atoms with E-state index in [4.69, 9.17) is 21.6 Å². The topological polar surface area (TPSA) is 57.9 Å². The second kappa shape index (κ2) is 6.75. The molecule has 25 heavy (non-hydrogen) atoms. The molecule has 6 heteroatoms. The van der Waals surface area contributed by atoms with Crippen LogP contribution in [-0.4, -0.2) is 11.0 Å². The highest BCUT2D eigenvalue weighted by Crippen LogP contribution is 2.31. The lowest BCUT2D eigenvalue weighted by Gasteiger charge is -2.07. The van der Waals surface area contributed by atoms with E-state index in [2.05, 4.69) is 52.2 Å². The molecule has 4 rings (SSSR count). The van der Waals surface area contributed by atoms with Crippen LogP contribution in [0.1, 0.15) is 16.7 Å². The number of nitrogens with one attached hydrogen (secondary N) is 1.